The van der Waals surface area contributed by atoms with Crippen LogP contribution in [0.4, 0.5) is 5.69 Å². The minimum absolute atomic E-state index is 0.0903. The van der Waals surface area contributed by atoms with Crippen LogP contribution >= 0.6 is 0 Å². The molecule has 0 spiro atoms. The van der Waals surface area contributed by atoms with Crippen LogP contribution in [0, 0.1) is 5.92 Å². The van der Waals surface area contributed by atoms with Gasteiger partial charge in [-0.2, -0.15) is 0 Å². The van der Waals surface area contributed by atoms with E-state index in [4.69, 9.17) is 14.2 Å². The van der Waals surface area contributed by atoms with Gasteiger partial charge in [-0.15, -0.1) is 0 Å². The maximum atomic E-state index is 13.1. The highest BCUT2D eigenvalue weighted by Crippen LogP contribution is 2.48. The Kier molecular flexibility index (Phi) is 6.58. The van der Waals surface area contributed by atoms with E-state index >= 15 is 0 Å². The van der Waals surface area contributed by atoms with Crippen LogP contribution in [0.5, 0.6) is 0 Å². The van der Waals surface area contributed by atoms with Crippen molar-refractivity contribution in [3.05, 3.63) is 89.4 Å². The summed E-state index contributed by atoms with van der Waals surface area (Å²) in [7, 11) is 1.73. The lowest BCUT2D eigenvalue weighted by molar-refractivity contribution is -0.139. The first kappa shape index (κ1) is 22.3. The Labute approximate surface area is 192 Å². The number of hydrogen-bond donors (Lipinski definition) is 0. The lowest BCUT2D eigenvalue weighted by atomic mass is 9.84. The molecule has 4 rings (SSSR count). The predicted molar refractivity (Wildman–Crippen MR) is 121 cm³/mol. The van der Waals surface area contributed by atoms with Gasteiger partial charge in [-0.25, -0.2) is 9.59 Å². The molecule has 0 unspecified atom stereocenters. The Hall–Kier alpha value is -3.87. The number of carbonyl (C=O) groups is 3. The fourth-order valence-corrected chi connectivity index (χ4v) is 4.20. The first-order valence-corrected chi connectivity index (χ1v) is 10.8. The van der Waals surface area contributed by atoms with E-state index in [1.807, 2.05) is 54.6 Å². The van der Waals surface area contributed by atoms with Crippen LogP contribution in [-0.4, -0.2) is 31.5 Å². The van der Waals surface area contributed by atoms with Gasteiger partial charge in [0.15, 0.2) is 0 Å². The highest BCUT2D eigenvalue weighted by Gasteiger charge is 2.45. The number of para-hydroxylation sites is 1. The van der Waals surface area contributed by atoms with Gasteiger partial charge in [0.1, 0.15) is 18.1 Å². The summed E-state index contributed by atoms with van der Waals surface area (Å²) in [4.78, 5) is 39.3. The summed E-state index contributed by atoms with van der Waals surface area (Å²) in [5, 5.41) is 0. The van der Waals surface area contributed by atoms with Crippen molar-refractivity contribution >= 4 is 23.5 Å². The van der Waals surface area contributed by atoms with Crippen LogP contribution in [0.3, 0.4) is 0 Å². The van der Waals surface area contributed by atoms with Gasteiger partial charge >= 0.3 is 11.9 Å². The van der Waals surface area contributed by atoms with Crippen molar-refractivity contribution in [1.29, 1.82) is 0 Å². The molecule has 2 aromatic carbocycles. The molecule has 2 atom stereocenters. The number of benzene rings is 2. The highest BCUT2D eigenvalue weighted by atomic mass is 16.5. The van der Waals surface area contributed by atoms with Crippen molar-refractivity contribution in [1.82, 2.24) is 0 Å². The van der Waals surface area contributed by atoms with Crippen LogP contribution < -0.4 is 4.90 Å². The molecular weight excluding hydrogens is 422 g/mol. The van der Waals surface area contributed by atoms with Crippen molar-refractivity contribution in [3.8, 4) is 0 Å². The number of esters is 2. The largest absolute Gasteiger partial charge is 0.465 e. The highest BCUT2D eigenvalue weighted by molar-refractivity contribution is 6.05. The number of rotatable bonds is 6. The van der Waals surface area contributed by atoms with Crippen LogP contribution in [0.2, 0.25) is 0 Å². The Bertz CT molecular complexity index is 1120. The Balaban J connectivity index is 1.58. The SMILES string of the molecule is CCOC(=O)/C=C1/O/C(=C/C(=O)OCc2ccccc2)C[C@@H]1[C@H]1C(=O)N(C)c2ccccc21. The van der Waals surface area contributed by atoms with Gasteiger partial charge in [0.25, 0.3) is 0 Å². The zero-order chi connectivity index (χ0) is 23.4. The second-order valence-corrected chi connectivity index (χ2v) is 7.85. The summed E-state index contributed by atoms with van der Waals surface area (Å²) < 4.78 is 16.2. The lowest BCUT2D eigenvalue weighted by Crippen LogP contribution is -2.28. The van der Waals surface area contributed by atoms with E-state index in [9.17, 15) is 14.4 Å². The van der Waals surface area contributed by atoms with Crippen molar-refractivity contribution in [2.75, 3.05) is 18.6 Å². The number of likely N-dealkylation sites (N-methyl/N-ethyl adjacent to an activating group) is 1. The Morgan fingerprint density at radius 2 is 1.73 bits per heavy atom. The zero-order valence-electron chi connectivity index (χ0n) is 18.5. The first-order valence-electron chi connectivity index (χ1n) is 10.8. The molecule has 0 bridgehead atoms. The van der Waals surface area contributed by atoms with Crippen molar-refractivity contribution in [2.24, 2.45) is 5.92 Å². The third-order valence-corrected chi connectivity index (χ3v) is 5.72. The fourth-order valence-electron chi connectivity index (χ4n) is 4.20. The molecule has 1 fully saturated rings. The van der Waals surface area contributed by atoms with Crippen LogP contribution in [-0.2, 0) is 35.2 Å². The summed E-state index contributed by atoms with van der Waals surface area (Å²) in [6.45, 7) is 2.07. The summed E-state index contributed by atoms with van der Waals surface area (Å²) in [5.74, 6) is -1.53. The van der Waals surface area contributed by atoms with Gasteiger partial charge in [-0.3, -0.25) is 4.79 Å². The lowest BCUT2D eigenvalue weighted by Gasteiger charge is -2.17. The fraction of sp³-hybridized carbons (Fsp3) is 0.269. The number of ether oxygens (including phenoxy) is 3. The molecule has 2 heterocycles. The number of anilines is 1. The minimum atomic E-state index is -0.558. The van der Waals surface area contributed by atoms with Crippen LogP contribution in [0.25, 0.3) is 0 Å². The molecule has 2 aliphatic heterocycles. The van der Waals surface area contributed by atoms with Crippen LogP contribution in [0.15, 0.2) is 78.3 Å². The number of fused-ring (bicyclic) bond motifs is 1. The number of amides is 1. The van der Waals surface area contributed by atoms with Gasteiger partial charge in [-0.1, -0.05) is 48.5 Å². The molecule has 7 nitrogen and oxygen atoms in total. The molecule has 170 valence electrons. The number of carbonyl (C=O) groups excluding carboxylic acids is 3. The maximum absolute atomic E-state index is 13.1. The summed E-state index contributed by atoms with van der Waals surface area (Å²) in [6.07, 6.45) is 2.82. The molecule has 0 radical (unpaired) electrons. The molecule has 0 aromatic heterocycles. The summed E-state index contributed by atoms with van der Waals surface area (Å²) in [6, 6.07) is 16.9. The second-order valence-electron chi connectivity index (χ2n) is 7.85. The van der Waals surface area contributed by atoms with Gasteiger partial charge in [0.05, 0.1) is 24.7 Å². The number of nitrogens with zero attached hydrogens (tertiary/aromatic N) is 1. The summed E-state index contributed by atoms with van der Waals surface area (Å²) in [5.41, 5.74) is 2.55. The smallest absolute Gasteiger partial charge is 0.334 e. The monoisotopic (exact) mass is 447 g/mol. The molecule has 7 heteroatoms. The standard InChI is InChI=1S/C26H25NO6/c1-3-31-24(29)15-22-20(25-19-11-7-8-12-21(19)27(2)26(25)30)13-18(33-22)14-23(28)32-16-17-9-5-4-6-10-17/h4-12,14-15,20,25H,3,13,16H2,1-2H3/b18-14+,22-15+/t20-,25-/m0/s1. The van der Waals surface area contributed by atoms with E-state index in [0.717, 1.165) is 16.8 Å². The Morgan fingerprint density at radius 1 is 1.03 bits per heavy atom. The quantitative estimate of drug-likeness (QED) is 0.494. The molecule has 1 saturated heterocycles. The molecule has 1 amide bonds. The van der Waals surface area contributed by atoms with Gasteiger partial charge < -0.3 is 19.1 Å². The predicted octanol–water partition coefficient (Wildman–Crippen LogP) is 3.86. The van der Waals surface area contributed by atoms with E-state index in [-0.39, 0.29) is 25.5 Å². The zero-order valence-corrected chi connectivity index (χ0v) is 18.5. The minimum Gasteiger partial charge on any atom is -0.465 e. The summed E-state index contributed by atoms with van der Waals surface area (Å²) >= 11 is 0. The van der Waals surface area contributed by atoms with Crippen molar-refractivity contribution in [3.63, 3.8) is 0 Å². The average molecular weight is 447 g/mol. The van der Waals surface area contributed by atoms with Crippen molar-refractivity contribution in [2.45, 2.75) is 25.9 Å². The van der Waals surface area contributed by atoms with E-state index in [0.29, 0.717) is 11.5 Å². The second kappa shape index (κ2) is 9.73. The molecule has 0 N–H and O–H groups in total. The van der Waals surface area contributed by atoms with Crippen LogP contribution in [0.1, 0.15) is 30.4 Å². The molecule has 2 aliphatic rings. The van der Waals surface area contributed by atoms with E-state index in [2.05, 4.69) is 0 Å². The molecule has 0 aliphatic carbocycles. The molecular formula is C26H25NO6. The Morgan fingerprint density at radius 3 is 2.48 bits per heavy atom. The maximum Gasteiger partial charge on any atom is 0.334 e. The van der Waals surface area contributed by atoms with Crippen molar-refractivity contribution < 1.29 is 28.6 Å². The van der Waals surface area contributed by atoms with Gasteiger partial charge in [0.2, 0.25) is 5.91 Å². The van der Waals surface area contributed by atoms with Gasteiger partial charge in [0, 0.05) is 25.1 Å². The first-order chi connectivity index (χ1) is 16.0. The number of hydrogen-bond acceptors (Lipinski definition) is 6. The third kappa shape index (κ3) is 4.82. The third-order valence-electron chi connectivity index (χ3n) is 5.72. The normalized spacial score (nSPS) is 21.8. The molecule has 33 heavy (non-hydrogen) atoms. The van der Waals surface area contributed by atoms with E-state index in [1.54, 1.807) is 18.9 Å². The average Bonchev–Trinajstić information content (AvgIpc) is 3.30. The number of allylic oxidation sites excluding steroid dienone is 2. The topological polar surface area (TPSA) is 82.1 Å². The van der Waals surface area contributed by atoms with Gasteiger partial charge in [-0.05, 0) is 24.1 Å². The van der Waals surface area contributed by atoms with E-state index < -0.39 is 23.8 Å². The molecule has 2 aromatic rings. The molecule has 0 saturated carbocycles. The van der Waals surface area contributed by atoms with E-state index in [1.165, 1.54) is 12.2 Å².